The minimum absolute atomic E-state index is 0.0315. The lowest BCUT2D eigenvalue weighted by atomic mass is 10.3. The first kappa shape index (κ1) is 17.1. The van der Waals surface area contributed by atoms with Crippen molar-refractivity contribution in [2.75, 3.05) is 11.5 Å². The zero-order valence-electron chi connectivity index (χ0n) is 10.6. The Morgan fingerprint density at radius 3 is 2.00 bits per heavy atom. The summed E-state index contributed by atoms with van der Waals surface area (Å²) in [4.78, 5) is 32.4. The van der Waals surface area contributed by atoms with Crippen molar-refractivity contribution in [1.29, 1.82) is 0 Å². The van der Waals surface area contributed by atoms with Gasteiger partial charge in [0, 0.05) is 31.4 Å². The molecular weight excluding hydrogens is 276 g/mol. The van der Waals surface area contributed by atoms with Gasteiger partial charge in [-0.3, -0.25) is 9.59 Å². The highest BCUT2D eigenvalue weighted by molar-refractivity contribution is 8.76. The van der Waals surface area contributed by atoms with E-state index < -0.39 is 12.0 Å². The molecule has 2 atom stereocenters. The molecule has 0 saturated carbocycles. The van der Waals surface area contributed by atoms with Crippen molar-refractivity contribution >= 4 is 39.4 Å². The average molecular weight is 294 g/mol. The lowest BCUT2D eigenvalue weighted by Gasteiger charge is -2.14. The van der Waals surface area contributed by atoms with Gasteiger partial charge in [-0.15, -0.1) is 0 Å². The van der Waals surface area contributed by atoms with E-state index in [-0.39, 0.29) is 23.6 Å². The van der Waals surface area contributed by atoms with Crippen LogP contribution >= 0.6 is 21.6 Å². The van der Waals surface area contributed by atoms with Crippen LogP contribution in [-0.2, 0) is 14.4 Å². The number of rotatable bonds is 8. The van der Waals surface area contributed by atoms with Crippen LogP contribution in [0.5, 0.6) is 0 Å². The van der Waals surface area contributed by atoms with Crippen molar-refractivity contribution in [2.45, 2.75) is 32.9 Å². The number of aliphatic carboxylic acids is 1. The second-order valence-corrected chi connectivity index (χ2v) is 6.31. The number of amides is 2. The summed E-state index contributed by atoms with van der Waals surface area (Å²) in [6.45, 7) is 4.61. The molecular formula is C10H18N2O4S2. The average Bonchev–Trinajstić information content (AvgIpc) is 2.20. The van der Waals surface area contributed by atoms with Crippen LogP contribution in [0.25, 0.3) is 0 Å². The molecule has 0 aromatic rings. The van der Waals surface area contributed by atoms with Gasteiger partial charge in [0.2, 0.25) is 11.8 Å². The maximum absolute atomic E-state index is 10.8. The van der Waals surface area contributed by atoms with Crippen molar-refractivity contribution in [3.05, 3.63) is 0 Å². The van der Waals surface area contributed by atoms with Crippen molar-refractivity contribution in [2.24, 2.45) is 0 Å². The third-order valence-electron chi connectivity index (χ3n) is 1.76. The Balaban J connectivity index is 3.83. The number of carboxylic acids is 1. The molecule has 0 unspecified atom stereocenters. The summed E-state index contributed by atoms with van der Waals surface area (Å²) in [6.07, 6.45) is 0. The minimum Gasteiger partial charge on any atom is -0.480 e. The first-order chi connectivity index (χ1) is 8.32. The fourth-order valence-electron chi connectivity index (χ4n) is 1.08. The number of nitrogens with one attached hydrogen (secondary N) is 2. The lowest BCUT2D eigenvalue weighted by molar-refractivity contribution is -0.140. The Hall–Kier alpha value is -0.890. The largest absolute Gasteiger partial charge is 0.480 e. The van der Waals surface area contributed by atoms with Crippen LogP contribution in [0.4, 0.5) is 0 Å². The van der Waals surface area contributed by atoms with Crippen LogP contribution in [0.1, 0.15) is 20.8 Å². The molecule has 0 fully saturated rings. The molecule has 0 rings (SSSR count). The third kappa shape index (κ3) is 9.17. The molecule has 0 heterocycles. The van der Waals surface area contributed by atoms with Crippen LogP contribution in [-0.4, -0.2) is 46.5 Å². The van der Waals surface area contributed by atoms with E-state index in [1.54, 1.807) is 0 Å². The van der Waals surface area contributed by atoms with Gasteiger partial charge in [-0.05, 0) is 6.92 Å². The van der Waals surface area contributed by atoms with Crippen molar-refractivity contribution in [1.82, 2.24) is 10.6 Å². The van der Waals surface area contributed by atoms with Gasteiger partial charge in [0.25, 0.3) is 0 Å². The molecule has 0 radical (unpaired) electrons. The van der Waals surface area contributed by atoms with E-state index in [0.717, 1.165) is 0 Å². The number of carbonyl (C=O) groups is 3. The molecule has 6 nitrogen and oxygen atoms in total. The zero-order chi connectivity index (χ0) is 14.1. The maximum Gasteiger partial charge on any atom is 0.327 e. The minimum atomic E-state index is -1.05. The van der Waals surface area contributed by atoms with E-state index in [0.29, 0.717) is 5.75 Å². The van der Waals surface area contributed by atoms with E-state index in [4.69, 9.17) is 5.11 Å². The lowest BCUT2D eigenvalue weighted by Crippen LogP contribution is -2.41. The van der Waals surface area contributed by atoms with Gasteiger partial charge in [-0.25, -0.2) is 4.79 Å². The van der Waals surface area contributed by atoms with Gasteiger partial charge in [0.15, 0.2) is 0 Å². The maximum atomic E-state index is 10.8. The predicted octanol–water partition coefficient (Wildman–Crippen LogP) is 0.482. The smallest absolute Gasteiger partial charge is 0.327 e. The zero-order valence-corrected chi connectivity index (χ0v) is 12.2. The van der Waals surface area contributed by atoms with E-state index >= 15 is 0 Å². The molecule has 0 aromatic carbocycles. The number of carboxylic acid groups (broad SMARTS) is 1. The van der Waals surface area contributed by atoms with Gasteiger partial charge < -0.3 is 15.7 Å². The molecule has 0 saturated heterocycles. The van der Waals surface area contributed by atoms with Crippen LogP contribution < -0.4 is 10.6 Å². The summed E-state index contributed by atoms with van der Waals surface area (Å²) in [5, 5.41) is 13.9. The molecule has 0 aliphatic heterocycles. The highest BCUT2D eigenvalue weighted by Crippen LogP contribution is 2.22. The summed E-state index contributed by atoms with van der Waals surface area (Å²) in [7, 11) is 2.82. The number of hydrogen-bond acceptors (Lipinski definition) is 5. The molecule has 0 aromatic heterocycles. The normalized spacial score (nSPS) is 13.5. The standard InChI is InChI=1S/C10H18N2O4S2/c1-6(11-7(2)13)4-17-18-5-9(10(15)16)12-8(3)14/h6,9H,4-5H2,1-3H3,(H,11,13)(H,12,14)(H,15,16)/t6-,9+/m1/s1. The second-order valence-electron chi connectivity index (χ2n) is 3.76. The Labute approximate surface area is 114 Å². The van der Waals surface area contributed by atoms with Gasteiger partial charge in [-0.2, -0.15) is 0 Å². The van der Waals surface area contributed by atoms with Crippen molar-refractivity contribution in [3.63, 3.8) is 0 Å². The highest BCUT2D eigenvalue weighted by Gasteiger charge is 2.18. The summed E-state index contributed by atoms with van der Waals surface area (Å²) < 4.78 is 0. The molecule has 8 heteroatoms. The van der Waals surface area contributed by atoms with E-state index in [1.807, 2.05) is 6.92 Å². The molecule has 0 spiro atoms. The Kier molecular flexibility index (Phi) is 8.65. The SMILES string of the molecule is CC(=O)N[C@H](C)CSSC[C@H](NC(C)=O)C(=O)O. The number of carbonyl (C=O) groups excluding carboxylic acids is 2. The van der Waals surface area contributed by atoms with Gasteiger partial charge >= 0.3 is 5.97 Å². The Morgan fingerprint density at radius 1 is 1.06 bits per heavy atom. The fourth-order valence-corrected chi connectivity index (χ4v) is 3.51. The Morgan fingerprint density at radius 2 is 1.56 bits per heavy atom. The Bertz CT molecular complexity index is 312. The quantitative estimate of drug-likeness (QED) is 0.445. The summed E-state index contributed by atoms with van der Waals surface area (Å²) in [5.41, 5.74) is 0. The van der Waals surface area contributed by atoms with Crippen LogP contribution in [0.2, 0.25) is 0 Å². The van der Waals surface area contributed by atoms with Crippen molar-refractivity contribution in [3.8, 4) is 0 Å². The third-order valence-corrected chi connectivity index (χ3v) is 4.35. The molecule has 104 valence electrons. The fraction of sp³-hybridized carbons (Fsp3) is 0.700. The molecule has 0 aliphatic carbocycles. The summed E-state index contributed by atoms with van der Waals surface area (Å²) >= 11 is 0. The van der Waals surface area contributed by atoms with E-state index in [1.165, 1.54) is 35.4 Å². The molecule has 18 heavy (non-hydrogen) atoms. The van der Waals surface area contributed by atoms with E-state index in [2.05, 4.69) is 10.6 Å². The number of hydrogen-bond donors (Lipinski definition) is 3. The van der Waals surface area contributed by atoms with Crippen LogP contribution in [0.15, 0.2) is 0 Å². The molecule has 0 aliphatic rings. The first-order valence-corrected chi connectivity index (χ1v) is 7.83. The topological polar surface area (TPSA) is 95.5 Å². The van der Waals surface area contributed by atoms with Gasteiger partial charge in [-0.1, -0.05) is 21.6 Å². The first-order valence-electron chi connectivity index (χ1n) is 5.34. The van der Waals surface area contributed by atoms with Crippen LogP contribution in [0.3, 0.4) is 0 Å². The van der Waals surface area contributed by atoms with Crippen LogP contribution in [0, 0.1) is 0 Å². The summed E-state index contributed by atoms with van der Waals surface area (Å²) in [5.74, 6) is -0.536. The molecule has 2 amide bonds. The molecule has 3 N–H and O–H groups in total. The van der Waals surface area contributed by atoms with Gasteiger partial charge in [0.05, 0.1) is 0 Å². The second kappa shape index (κ2) is 9.09. The monoisotopic (exact) mass is 294 g/mol. The summed E-state index contributed by atoms with van der Waals surface area (Å²) in [6, 6.07) is -0.847. The van der Waals surface area contributed by atoms with E-state index in [9.17, 15) is 14.4 Å². The van der Waals surface area contributed by atoms with Gasteiger partial charge in [0.1, 0.15) is 6.04 Å². The highest BCUT2D eigenvalue weighted by atomic mass is 33.1. The van der Waals surface area contributed by atoms with Crippen molar-refractivity contribution < 1.29 is 19.5 Å². The molecule has 0 bridgehead atoms. The predicted molar refractivity (Wildman–Crippen MR) is 73.4 cm³/mol.